The molecule has 3 unspecified atom stereocenters. The zero-order valence-electron chi connectivity index (χ0n) is 38.3. The van der Waals surface area contributed by atoms with E-state index in [4.69, 9.17) is 42.1 Å². The number of halogens is 3. The minimum Gasteiger partial charge on any atom is -1.00 e. The third-order valence-electron chi connectivity index (χ3n) is 12.6. The number of ether oxygens (including phenoxy) is 4. The number of piperazine rings is 1. The summed E-state index contributed by atoms with van der Waals surface area (Å²) >= 11 is 13.3. The molecule has 5 aromatic carbocycles. The van der Waals surface area contributed by atoms with Crippen molar-refractivity contribution < 1.29 is 45.7 Å². The quantitative estimate of drug-likeness (QED) is 0.103. The lowest BCUT2D eigenvalue weighted by Crippen LogP contribution is -3.00. The minimum absolute atomic E-state index is 0. The Balaban J connectivity index is 0.00000625. The molecule has 2 aliphatic heterocycles. The average Bonchev–Trinajstić information content (AvgIpc) is 4.09. The lowest BCUT2D eigenvalue weighted by molar-refractivity contribution is -0.396. The van der Waals surface area contributed by atoms with E-state index in [1.165, 1.54) is 4.68 Å². The van der Waals surface area contributed by atoms with Crippen molar-refractivity contribution in [3.63, 3.8) is 0 Å². The summed E-state index contributed by atoms with van der Waals surface area (Å²) in [6, 6.07) is 34.5. The van der Waals surface area contributed by atoms with Crippen LogP contribution < -0.4 is 46.9 Å². The van der Waals surface area contributed by atoms with Crippen molar-refractivity contribution in [3.8, 4) is 17.2 Å². The first-order valence-corrected chi connectivity index (χ1v) is 23.2. The molecule has 0 spiro atoms. The van der Waals surface area contributed by atoms with Gasteiger partial charge in [0.05, 0.1) is 35.3 Å². The van der Waals surface area contributed by atoms with Crippen molar-refractivity contribution in [1.82, 2.24) is 24.5 Å². The highest BCUT2D eigenvalue weighted by atomic mass is 79.9. The molecule has 3 atom stereocenters. The maximum Gasteiger partial charge on any atom is 0.350 e. The van der Waals surface area contributed by atoms with E-state index < -0.39 is 17.4 Å². The van der Waals surface area contributed by atoms with Gasteiger partial charge in [-0.05, 0) is 117 Å². The average molecular weight is 1020 g/mol. The summed E-state index contributed by atoms with van der Waals surface area (Å²) in [4.78, 5) is 33.9. The molecule has 0 amide bonds. The molecule has 17 heteroatoms. The van der Waals surface area contributed by atoms with Gasteiger partial charge in [-0.15, -0.1) is 5.10 Å². The van der Waals surface area contributed by atoms with Gasteiger partial charge in [-0.1, -0.05) is 66.5 Å². The van der Waals surface area contributed by atoms with Crippen LogP contribution in [-0.2, 0) is 28.1 Å². The molecular weight excluding hydrogens is 971 g/mol. The zero-order valence-corrected chi connectivity index (χ0v) is 41.4. The molecule has 2 N–H and O–H groups in total. The lowest BCUT2D eigenvalue weighted by atomic mass is 9.93. The molecule has 0 bridgehead atoms. The first-order valence-electron chi connectivity index (χ1n) is 22.5. The lowest BCUT2D eigenvalue weighted by Gasteiger charge is -2.37. The maximum absolute atomic E-state index is 13.1. The van der Waals surface area contributed by atoms with Gasteiger partial charge in [0.15, 0.2) is 0 Å². The van der Waals surface area contributed by atoms with Gasteiger partial charge in [0.2, 0.25) is 11.6 Å². The summed E-state index contributed by atoms with van der Waals surface area (Å²) in [6.45, 7) is 11.6. The number of nitrogens with zero attached hydrogens (tertiary/aromatic N) is 6. The van der Waals surface area contributed by atoms with E-state index in [1.54, 1.807) is 41.5 Å². The highest BCUT2D eigenvalue weighted by Crippen LogP contribution is 2.46. The van der Waals surface area contributed by atoms with Crippen LogP contribution in [0.4, 0.5) is 11.4 Å². The molecule has 4 heterocycles. The number of aromatic amines is 2. The number of carbonyl (C=O) groups excluding carboxylic acids is 1. The second kappa shape index (κ2) is 20.7. The van der Waals surface area contributed by atoms with Gasteiger partial charge in [-0.25, -0.2) is 23.8 Å². The normalized spacial score (nSPS) is 18.6. The number of nitrogens with one attached hydrogen (secondary N) is 2. The summed E-state index contributed by atoms with van der Waals surface area (Å²) < 4.78 is 29.7. The zero-order chi connectivity index (χ0) is 46.7. The van der Waals surface area contributed by atoms with E-state index in [2.05, 4.69) is 54.3 Å². The molecule has 7 aromatic rings. The van der Waals surface area contributed by atoms with Gasteiger partial charge in [-0.2, -0.15) is 5.10 Å². The van der Waals surface area contributed by atoms with Crippen LogP contribution in [0.1, 0.15) is 64.7 Å². The van der Waals surface area contributed by atoms with E-state index >= 15 is 0 Å². The topological polar surface area (TPSA) is 143 Å². The number of H-pyrrole nitrogens is 2. The fourth-order valence-corrected chi connectivity index (χ4v) is 9.49. The van der Waals surface area contributed by atoms with Gasteiger partial charge in [0.1, 0.15) is 30.0 Å². The molecule has 9 rings (SSSR count). The van der Waals surface area contributed by atoms with Crippen molar-refractivity contribution in [3.05, 3.63) is 176 Å². The number of aromatic nitrogens is 6. The summed E-state index contributed by atoms with van der Waals surface area (Å²) in [5.74, 6) is 0.106. The van der Waals surface area contributed by atoms with E-state index in [9.17, 15) is 9.59 Å². The minimum atomic E-state index is -1.34. The maximum atomic E-state index is 13.1. The SMILES string of the molecule is CCC(C)n1ncn(-c2ccc(N3CCN(c4ccc(OCC5(Cc6cc(C)c(OC(=O)c7ccccc7)c(C)c6)COC(Cc6[nH]nc[nH+]6)(c6ccc(Cl)cc6Cl)O5)cc4)CC3)cc2)c1=O.[Br-]. The van der Waals surface area contributed by atoms with Gasteiger partial charge in [0.25, 0.3) is 6.33 Å². The van der Waals surface area contributed by atoms with Crippen LogP contribution in [0.2, 0.25) is 10.0 Å². The number of benzene rings is 5. The Kier molecular flexibility index (Phi) is 14.8. The molecule has 354 valence electrons. The summed E-state index contributed by atoms with van der Waals surface area (Å²) in [7, 11) is 0. The molecular formula is C51H53BrCl2N8O6. The second-order valence-electron chi connectivity index (χ2n) is 17.4. The highest BCUT2D eigenvalue weighted by Gasteiger charge is 2.54. The first-order chi connectivity index (χ1) is 32.4. The van der Waals surface area contributed by atoms with Crippen LogP contribution in [0.3, 0.4) is 0 Å². The van der Waals surface area contributed by atoms with Gasteiger partial charge < -0.3 is 45.7 Å². The van der Waals surface area contributed by atoms with E-state index in [0.29, 0.717) is 44.9 Å². The largest absolute Gasteiger partial charge is 1.00 e. The molecule has 2 aliphatic rings. The molecule has 0 radical (unpaired) electrons. The Labute approximate surface area is 415 Å². The van der Waals surface area contributed by atoms with E-state index in [0.717, 1.165) is 66.4 Å². The predicted octanol–water partition coefficient (Wildman–Crippen LogP) is 5.52. The Hall–Kier alpha value is -5.97. The van der Waals surface area contributed by atoms with E-state index in [1.807, 2.05) is 88.4 Å². The van der Waals surface area contributed by atoms with Crippen molar-refractivity contribution in [2.24, 2.45) is 0 Å². The summed E-state index contributed by atoms with van der Waals surface area (Å²) in [5, 5.41) is 12.3. The number of rotatable bonds is 15. The highest BCUT2D eigenvalue weighted by molar-refractivity contribution is 6.35. The van der Waals surface area contributed by atoms with Crippen molar-refractivity contribution in [2.45, 2.75) is 64.4 Å². The van der Waals surface area contributed by atoms with Crippen LogP contribution in [0.15, 0.2) is 127 Å². The first kappa shape index (κ1) is 48.5. The molecule has 2 aromatic heterocycles. The summed E-state index contributed by atoms with van der Waals surface area (Å²) in [5.41, 5.74) is 5.51. The monoisotopic (exact) mass is 1020 g/mol. The fraction of sp³-hybridized carbons (Fsp3) is 0.314. The third kappa shape index (κ3) is 10.4. The number of hydrogen-bond acceptors (Lipinski definition) is 10. The molecule has 68 heavy (non-hydrogen) atoms. The Bertz CT molecular complexity index is 2870. The van der Waals surface area contributed by atoms with Crippen molar-refractivity contribution in [1.29, 1.82) is 0 Å². The van der Waals surface area contributed by atoms with Crippen LogP contribution in [0.25, 0.3) is 5.69 Å². The molecule has 2 fully saturated rings. The van der Waals surface area contributed by atoms with E-state index in [-0.39, 0.29) is 48.3 Å². The Morgan fingerprint density at radius 1 is 0.868 bits per heavy atom. The fourth-order valence-electron chi connectivity index (χ4n) is 8.94. The number of hydrogen-bond donors (Lipinski definition) is 1. The predicted molar refractivity (Wildman–Crippen MR) is 257 cm³/mol. The number of carbonyl (C=O) groups is 1. The number of esters is 1. The third-order valence-corrected chi connectivity index (χ3v) is 13.2. The standard InChI is InChI=1S/C51H52Cl2N8O6.BrH/c1-5-36(4)61-49(63)60(33-56-61)42-14-12-40(13-15-42)58-21-23-59(24-22-58)41-16-18-43(19-17-41)64-30-50(28-37-25-34(2)47(35(3)26-37)66-48(62)38-9-7-6-8-10-38)31-65-51(67-50,29-46-54-32-55-57-46)44-20-11-39(52)27-45(44)53;/h6-20,25-27,32-33,36H,5,21-24,28-31H2,1-4H3,(H,54,55,57);1H. The van der Waals surface area contributed by atoms with Crippen LogP contribution in [-0.4, -0.2) is 75.5 Å². The van der Waals surface area contributed by atoms with Crippen molar-refractivity contribution >= 4 is 40.5 Å². The van der Waals surface area contributed by atoms with Gasteiger partial charge in [-0.3, -0.25) is 0 Å². The smallest absolute Gasteiger partial charge is 0.350 e. The molecule has 0 aliphatic carbocycles. The number of aryl methyl sites for hydroxylation is 2. The Morgan fingerprint density at radius 3 is 2.13 bits per heavy atom. The molecule has 14 nitrogen and oxygen atoms in total. The Morgan fingerprint density at radius 2 is 1.51 bits per heavy atom. The van der Waals surface area contributed by atoms with Gasteiger partial charge in [0, 0.05) is 59.7 Å². The van der Waals surface area contributed by atoms with Crippen LogP contribution in [0, 0.1) is 13.8 Å². The summed E-state index contributed by atoms with van der Waals surface area (Å²) in [6.07, 6.45) is 4.63. The molecule has 2 saturated heterocycles. The van der Waals surface area contributed by atoms with Crippen LogP contribution in [0.5, 0.6) is 11.5 Å². The van der Waals surface area contributed by atoms with Gasteiger partial charge >= 0.3 is 11.7 Å². The second-order valence-corrected chi connectivity index (χ2v) is 18.2. The molecule has 0 saturated carbocycles. The van der Waals surface area contributed by atoms with Crippen molar-refractivity contribution in [2.75, 3.05) is 49.2 Å². The number of anilines is 2. The van der Waals surface area contributed by atoms with Crippen LogP contribution >= 0.6 is 23.2 Å².